The van der Waals surface area contributed by atoms with Gasteiger partial charge < -0.3 is 10.6 Å². The monoisotopic (exact) mass is 336 g/mol. The van der Waals surface area contributed by atoms with Crippen LogP contribution in [0.25, 0.3) is 0 Å². The van der Waals surface area contributed by atoms with Crippen LogP contribution in [0.2, 0.25) is 0 Å². The third-order valence-electron chi connectivity index (χ3n) is 3.63. The van der Waals surface area contributed by atoms with Crippen molar-refractivity contribution in [2.45, 2.75) is 13.0 Å². The summed E-state index contributed by atoms with van der Waals surface area (Å²) < 4.78 is 13.2. The molecule has 1 atom stereocenters. The number of hydrogen-bond acceptors (Lipinski definition) is 4. The summed E-state index contributed by atoms with van der Waals surface area (Å²) in [6.07, 6.45) is 2.82. The van der Waals surface area contributed by atoms with E-state index in [9.17, 15) is 9.18 Å². The van der Waals surface area contributed by atoms with Gasteiger partial charge in [-0.2, -0.15) is 0 Å². The van der Waals surface area contributed by atoms with Gasteiger partial charge in [0.1, 0.15) is 17.3 Å². The summed E-state index contributed by atoms with van der Waals surface area (Å²) in [5.41, 5.74) is 1.78. The molecule has 1 aromatic heterocycles. The lowest BCUT2D eigenvalue weighted by molar-refractivity contribution is 0.0934. The van der Waals surface area contributed by atoms with Crippen LogP contribution in [0.1, 0.15) is 29.0 Å². The Bertz CT molecular complexity index is 853. The molecule has 126 valence electrons. The fourth-order valence-corrected chi connectivity index (χ4v) is 2.32. The Balaban J connectivity index is 1.64. The maximum atomic E-state index is 13.2. The SMILES string of the molecule is CC(NC(=O)c1cnc(Nc2cccc(F)c2)cn1)c1ccccc1. The number of hydrogen-bond donors (Lipinski definition) is 2. The number of aromatic nitrogens is 2. The predicted molar refractivity (Wildman–Crippen MR) is 94.0 cm³/mol. The Morgan fingerprint density at radius 1 is 1.04 bits per heavy atom. The molecule has 2 N–H and O–H groups in total. The van der Waals surface area contributed by atoms with Gasteiger partial charge in [-0.3, -0.25) is 4.79 Å². The highest BCUT2D eigenvalue weighted by Gasteiger charge is 2.13. The summed E-state index contributed by atoms with van der Waals surface area (Å²) in [6.45, 7) is 1.90. The molecule has 0 saturated carbocycles. The number of rotatable bonds is 5. The molecule has 0 fully saturated rings. The van der Waals surface area contributed by atoms with E-state index in [1.165, 1.54) is 24.5 Å². The molecule has 1 heterocycles. The lowest BCUT2D eigenvalue weighted by atomic mass is 10.1. The van der Waals surface area contributed by atoms with Crippen molar-refractivity contribution < 1.29 is 9.18 Å². The number of carbonyl (C=O) groups is 1. The van der Waals surface area contributed by atoms with Gasteiger partial charge in [-0.05, 0) is 30.7 Å². The summed E-state index contributed by atoms with van der Waals surface area (Å²) in [4.78, 5) is 20.5. The quantitative estimate of drug-likeness (QED) is 0.743. The molecular formula is C19H17FN4O. The number of nitrogens with zero attached hydrogens (tertiary/aromatic N) is 2. The molecule has 0 radical (unpaired) electrons. The van der Waals surface area contributed by atoms with Gasteiger partial charge in [-0.1, -0.05) is 36.4 Å². The van der Waals surface area contributed by atoms with Crippen molar-refractivity contribution in [2.24, 2.45) is 0 Å². The molecular weight excluding hydrogens is 319 g/mol. The van der Waals surface area contributed by atoms with Crippen molar-refractivity contribution >= 4 is 17.4 Å². The van der Waals surface area contributed by atoms with E-state index < -0.39 is 0 Å². The fourth-order valence-electron chi connectivity index (χ4n) is 2.32. The van der Waals surface area contributed by atoms with E-state index in [2.05, 4.69) is 20.6 Å². The zero-order valence-electron chi connectivity index (χ0n) is 13.6. The summed E-state index contributed by atoms with van der Waals surface area (Å²) in [7, 11) is 0. The molecule has 5 nitrogen and oxygen atoms in total. The first kappa shape index (κ1) is 16.6. The average molecular weight is 336 g/mol. The Morgan fingerprint density at radius 2 is 1.84 bits per heavy atom. The van der Waals surface area contributed by atoms with E-state index in [0.717, 1.165) is 5.56 Å². The Labute approximate surface area is 145 Å². The van der Waals surface area contributed by atoms with Crippen LogP contribution in [0.15, 0.2) is 67.0 Å². The number of halogens is 1. The van der Waals surface area contributed by atoms with Crippen LogP contribution in [-0.4, -0.2) is 15.9 Å². The zero-order chi connectivity index (χ0) is 17.6. The average Bonchev–Trinajstić information content (AvgIpc) is 2.63. The fraction of sp³-hybridized carbons (Fsp3) is 0.105. The predicted octanol–water partition coefficient (Wildman–Crippen LogP) is 3.85. The van der Waals surface area contributed by atoms with Crippen LogP contribution in [0.3, 0.4) is 0 Å². The van der Waals surface area contributed by atoms with Crippen LogP contribution < -0.4 is 10.6 Å². The first-order valence-corrected chi connectivity index (χ1v) is 7.82. The lowest BCUT2D eigenvalue weighted by Crippen LogP contribution is -2.27. The van der Waals surface area contributed by atoms with Crippen LogP contribution in [0.5, 0.6) is 0 Å². The van der Waals surface area contributed by atoms with Gasteiger partial charge in [-0.15, -0.1) is 0 Å². The van der Waals surface area contributed by atoms with Crippen LogP contribution in [0.4, 0.5) is 15.9 Å². The molecule has 0 saturated heterocycles. The van der Waals surface area contributed by atoms with Gasteiger partial charge in [0.25, 0.3) is 5.91 Å². The van der Waals surface area contributed by atoms with Crippen LogP contribution in [0, 0.1) is 5.82 Å². The third kappa shape index (κ3) is 4.38. The van der Waals surface area contributed by atoms with Crippen LogP contribution in [-0.2, 0) is 0 Å². The molecule has 1 amide bonds. The van der Waals surface area contributed by atoms with Crippen molar-refractivity contribution in [1.82, 2.24) is 15.3 Å². The van der Waals surface area contributed by atoms with Gasteiger partial charge >= 0.3 is 0 Å². The molecule has 0 aliphatic rings. The third-order valence-corrected chi connectivity index (χ3v) is 3.63. The minimum Gasteiger partial charge on any atom is -0.344 e. The Hall–Kier alpha value is -3.28. The lowest BCUT2D eigenvalue weighted by Gasteiger charge is -2.14. The van der Waals surface area contributed by atoms with E-state index in [4.69, 9.17) is 0 Å². The normalized spacial score (nSPS) is 11.6. The second kappa shape index (κ2) is 7.53. The van der Waals surface area contributed by atoms with Gasteiger partial charge in [-0.25, -0.2) is 14.4 Å². The highest BCUT2D eigenvalue weighted by molar-refractivity contribution is 5.92. The van der Waals surface area contributed by atoms with E-state index in [1.54, 1.807) is 12.1 Å². The molecule has 3 rings (SSSR count). The number of benzene rings is 2. The highest BCUT2D eigenvalue weighted by atomic mass is 19.1. The van der Waals surface area contributed by atoms with E-state index in [1.807, 2.05) is 37.3 Å². The molecule has 1 unspecified atom stereocenters. The van der Waals surface area contributed by atoms with E-state index in [0.29, 0.717) is 11.5 Å². The molecule has 3 aromatic rings. The topological polar surface area (TPSA) is 66.9 Å². The second-order valence-corrected chi connectivity index (χ2v) is 5.53. The van der Waals surface area contributed by atoms with Gasteiger partial charge in [0.15, 0.2) is 0 Å². The van der Waals surface area contributed by atoms with E-state index >= 15 is 0 Å². The second-order valence-electron chi connectivity index (χ2n) is 5.53. The summed E-state index contributed by atoms with van der Waals surface area (Å²) in [5, 5.41) is 5.81. The van der Waals surface area contributed by atoms with Crippen molar-refractivity contribution in [3.8, 4) is 0 Å². The molecule has 0 bridgehead atoms. The maximum Gasteiger partial charge on any atom is 0.271 e. The first-order chi connectivity index (χ1) is 12.1. The number of amides is 1. The maximum absolute atomic E-state index is 13.2. The number of carbonyl (C=O) groups excluding carboxylic acids is 1. The van der Waals surface area contributed by atoms with Gasteiger partial charge in [0, 0.05) is 5.69 Å². The minimum absolute atomic E-state index is 0.138. The highest BCUT2D eigenvalue weighted by Crippen LogP contribution is 2.15. The minimum atomic E-state index is -0.344. The summed E-state index contributed by atoms with van der Waals surface area (Å²) in [5.74, 6) is -0.219. The molecule has 25 heavy (non-hydrogen) atoms. The number of anilines is 2. The molecule has 2 aromatic carbocycles. The standard InChI is InChI=1S/C19H17FN4O/c1-13(14-6-3-2-4-7-14)23-19(25)17-11-22-18(12-21-17)24-16-9-5-8-15(20)10-16/h2-13H,1H3,(H,22,24)(H,23,25). The molecule has 6 heteroatoms. The summed E-state index contributed by atoms with van der Waals surface area (Å²) in [6, 6.07) is 15.5. The van der Waals surface area contributed by atoms with Crippen molar-refractivity contribution in [1.29, 1.82) is 0 Å². The Kier molecular flexibility index (Phi) is 4.99. The van der Waals surface area contributed by atoms with Crippen molar-refractivity contribution in [3.05, 3.63) is 84.1 Å². The van der Waals surface area contributed by atoms with Crippen molar-refractivity contribution in [2.75, 3.05) is 5.32 Å². The zero-order valence-corrected chi connectivity index (χ0v) is 13.6. The number of nitrogens with one attached hydrogen (secondary N) is 2. The first-order valence-electron chi connectivity index (χ1n) is 7.82. The Morgan fingerprint density at radius 3 is 2.52 bits per heavy atom. The summed E-state index contributed by atoms with van der Waals surface area (Å²) >= 11 is 0. The van der Waals surface area contributed by atoms with Crippen molar-refractivity contribution in [3.63, 3.8) is 0 Å². The van der Waals surface area contributed by atoms with Crippen LogP contribution >= 0.6 is 0 Å². The van der Waals surface area contributed by atoms with Gasteiger partial charge in [0.05, 0.1) is 18.4 Å². The van der Waals surface area contributed by atoms with Gasteiger partial charge in [0.2, 0.25) is 0 Å². The van der Waals surface area contributed by atoms with E-state index in [-0.39, 0.29) is 23.5 Å². The molecule has 0 aliphatic heterocycles. The largest absolute Gasteiger partial charge is 0.344 e. The molecule has 0 spiro atoms. The smallest absolute Gasteiger partial charge is 0.271 e. The molecule has 0 aliphatic carbocycles.